The summed E-state index contributed by atoms with van der Waals surface area (Å²) in [5, 5.41) is 3.30. The van der Waals surface area contributed by atoms with Crippen LogP contribution in [0.5, 0.6) is 0 Å². The van der Waals surface area contributed by atoms with Crippen LogP contribution in [0.15, 0.2) is 57.7 Å². The van der Waals surface area contributed by atoms with Crippen molar-refractivity contribution in [2.45, 2.75) is 13.5 Å². The van der Waals surface area contributed by atoms with E-state index in [0.29, 0.717) is 38.6 Å². The van der Waals surface area contributed by atoms with E-state index in [0.717, 1.165) is 21.9 Å². The monoisotopic (exact) mass is 429 g/mol. The van der Waals surface area contributed by atoms with Gasteiger partial charge in [0.25, 0.3) is 0 Å². The molecule has 3 heterocycles. The van der Waals surface area contributed by atoms with Crippen LogP contribution in [0.1, 0.15) is 17.0 Å². The molecule has 0 atom stereocenters. The van der Waals surface area contributed by atoms with Crippen LogP contribution >= 0.6 is 11.3 Å². The van der Waals surface area contributed by atoms with Gasteiger partial charge >= 0.3 is 0 Å². The van der Waals surface area contributed by atoms with Crippen LogP contribution in [0.2, 0.25) is 0 Å². The van der Waals surface area contributed by atoms with Crippen molar-refractivity contribution in [2.75, 3.05) is 26.2 Å². The second-order valence-electron chi connectivity index (χ2n) is 6.93. The van der Waals surface area contributed by atoms with E-state index >= 15 is 0 Å². The van der Waals surface area contributed by atoms with E-state index in [1.807, 2.05) is 54.8 Å². The number of benzene rings is 1. The van der Waals surface area contributed by atoms with Crippen LogP contribution in [0.25, 0.3) is 16.8 Å². The first-order valence-corrected chi connectivity index (χ1v) is 11.9. The minimum absolute atomic E-state index is 0.468. The zero-order chi connectivity index (χ0) is 20.3. The predicted molar refractivity (Wildman–Crippen MR) is 116 cm³/mol. The summed E-state index contributed by atoms with van der Waals surface area (Å²) in [5.41, 5.74) is 1.78. The number of hydrogen-bond donors (Lipinski definition) is 0. The minimum Gasteiger partial charge on any atom is -0.440 e. The fourth-order valence-corrected chi connectivity index (χ4v) is 5.07. The zero-order valence-electron chi connectivity index (χ0n) is 16.2. The molecule has 0 saturated carbocycles. The molecular weight excluding hydrogens is 406 g/mol. The molecule has 6 nitrogen and oxygen atoms in total. The van der Waals surface area contributed by atoms with Crippen LogP contribution in [0, 0.1) is 6.92 Å². The zero-order valence-corrected chi connectivity index (χ0v) is 17.8. The van der Waals surface area contributed by atoms with E-state index in [-0.39, 0.29) is 0 Å². The Hall–Kier alpha value is -2.26. The fourth-order valence-electron chi connectivity index (χ4n) is 3.25. The average Bonchev–Trinajstić information content (AvgIpc) is 3.38. The summed E-state index contributed by atoms with van der Waals surface area (Å²) in [4.78, 5) is 7.87. The molecule has 0 radical (unpaired) electrons. The van der Waals surface area contributed by atoms with Crippen LogP contribution < -0.4 is 0 Å². The summed E-state index contributed by atoms with van der Waals surface area (Å²) < 4.78 is 32.6. The van der Waals surface area contributed by atoms with Gasteiger partial charge in [-0.3, -0.25) is 4.90 Å². The van der Waals surface area contributed by atoms with Crippen molar-refractivity contribution in [2.24, 2.45) is 0 Å². The van der Waals surface area contributed by atoms with Crippen molar-refractivity contribution in [1.82, 2.24) is 14.2 Å². The molecule has 0 aliphatic carbocycles. The number of piperazine rings is 1. The van der Waals surface area contributed by atoms with Gasteiger partial charge in [0.15, 0.2) is 0 Å². The maximum Gasteiger partial charge on any atom is 0.236 e. The Balaban J connectivity index is 1.35. The molecule has 1 aromatic carbocycles. The summed E-state index contributed by atoms with van der Waals surface area (Å²) in [6, 6.07) is 13.4. The maximum atomic E-state index is 12.6. The standard InChI is InChI=1S/C21H23N3O3S2/c1-17-19(22-21(27-17)20-8-5-14-28-20)16-23-10-12-24(13-11-23)29(25,26)15-9-18-6-3-2-4-7-18/h2-9,14-15H,10-13,16H2,1H3/b15-9+. The second-order valence-corrected chi connectivity index (χ2v) is 9.70. The minimum atomic E-state index is -3.42. The number of sulfonamides is 1. The molecule has 8 heteroatoms. The molecule has 29 heavy (non-hydrogen) atoms. The normalized spacial score (nSPS) is 16.6. The third kappa shape index (κ3) is 4.84. The quantitative estimate of drug-likeness (QED) is 0.596. The molecule has 3 aromatic rings. The van der Waals surface area contributed by atoms with Gasteiger partial charge in [-0.1, -0.05) is 36.4 Å². The Bertz CT molecular complexity index is 1070. The molecule has 1 aliphatic heterocycles. The number of aryl methyl sites for hydroxylation is 1. The molecule has 0 unspecified atom stereocenters. The third-order valence-corrected chi connectivity index (χ3v) is 7.34. The average molecular weight is 430 g/mol. The summed E-state index contributed by atoms with van der Waals surface area (Å²) in [6.45, 7) is 4.85. The molecular formula is C21H23N3O3S2. The van der Waals surface area contributed by atoms with Gasteiger partial charge in [0.2, 0.25) is 15.9 Å². The van der Waals surface area contributed by atoms with Crippen LogP contribution in [-0.2, 0) is 16.6 Å². The highest BCUT2D eigenvalue weighted by Crippen LogP contribution is 2.26. The van der Waals surface area contributed by atoms with Crippen molar-refractivity contribution in [3.05, 3.63) is 70.3 Å². The molecule has 152 valence electrons. The second kappa shape index (κ2) is 8.62. The third-order valence-electron chi connectivity index (χ3n) is 4.92. The van der Waals surface area contributed by atoms with Crippen molar-refractivity contribution in [3.63, 3.8) is 0 Å². The Labute approximate surface area is 175 Å². The molecule has 1 aliphatic rings. The van der Waals surface area contributed by atoms with Gasteiger partial charge in [0.05, 0.1) is 10.6 Å². The number of aromatic nitrogens is 1. The van der Waals surface area contributed by atoms with Gasteiger partial charge in [0.1, 0.15) is 5.76 Å². The van der Waals surface area contributed by atoms with E-state index in [1.54, 1.807) is 17.4 Å². The van der Waals surface area contributed by atoms with Gasteiger partial charge in [-0.15, -0.1) is 11.3 Å². The van der Waals surface area contributed by atoms with Crippen molar-refractivity contribution < 1.29 is 12.8 Å². The lowest BCUT2D eigenvalue weighted by Crippen LogP contribution is -2.47. The van der Waals surface area contributed by atoms with Crippen molar-refractivity contribution in [1.29, 1.82) is 0 Å². The lowest BCUT2D eigenvalue weighted by Gasteiger charge is -2.32. The number of hydrogen-bond acceptors (Lipinski definition) is 6. The van der Waals surface area contributed by atoms with E-state index in [1.165, 1.54) is 9.71 Å². The fraction of sp³-hybridized carbons (Fsp3) is 0.286. The van der Waals surface area contributed by atoms with Crippen LogP contribution in [-0.4, -0.2) is 48.8 Å². The first-order chi connectivity index (χ1) is 14.0. The smallest absolute Gasteiger partial charge is 0.236 e. The van der Waals surface area contributed by atoms with Gasteiger partial charge in [-0.25, -0.2) is 13.4 Å². The molecule has 1 fully saturated rings. The predicted octanol–water partition coefficient (Wildman–Crippen LogP) is 3.83. The Morgan fingerprint density at radius 2 is 1.86 bits per heavy atom. The van der Waals surface area contributed by atoms with E-state index in [2.05, 4.69) is 9.88 Å². The molecule has 0 spiro atoms. The van der Waals surface area contributed by atoms with Crippen LogP contribution in [0.4, 0.5) is 0 Å². The number of nitrogens with zero attached hydrogens (tertiary/aromatic N) is 3. The topological polar surface area (TPSA) is 66.7 Å². The van der Waals surface area contributed by atoms with Crippen molar-refractivity contribution >= 4 is 27.4 Å². The van der Waals surface area contributed by atoms with Gasteiger partial charge in [-0.2, -0.15) is 4.31 Å². The van der Waals surface area contributed by atoms with E-state index in [4.69, 9.17) is 4.42 Å². The van der Waals surface area contributed by atoms with Gasteiger partial charge < -0.3 is 4.42 Å². The highest BCUT2D eigenvalue weighted by molar-refractivity contribution is 7.92. The summed E-state index contributed by atoms with van der Waals surface area (Å²) in [6.07, 6.45) is 1.65. The molecule has 4 rings (SSSR count). The summed E-state index contributed by atoms with van der Waals surface area (Å²) in [7, 11) is -3.42. The first kappa shape index (κ1) is 20.0. The highest BCUT2D eigenvalue weighted by Gasteiger charge is 2.26. The summed E-state index contributed by atoms with van der Waals surface area (Å²) >= 11 is 1.60. The van der Waals surface area contributed by atoms with E-state index in [9.17, 15) is 8.42 Å². The number of rotatable bonds is 6. The SMILES string of the molecule is Cc1oc(-c2cccs2)nc1CN1CCN(S(=O)(=O)/C=C/c2ccccc2)CC1. The molecule has 2 aromatic heterocycles. The first-order valence-electron chi connectivity index (χ1n) is 9.47. The molecule has 0 bridgehead atoms. The summed E-state index contributed by atoms with van der Waals surface area (Å²) in [5.74, 6) is 1.47. The molecule has 0 N–H and O–H groups in total. The van der Waals surface area contributed by atoms with Crippen molar-refractivity contribution in [3.8, 4) is 10.8 Å². The number of thiophene rings is 1. The van der Waals surface area contributed by atoms with Gasteiger partial charge in [0, 0.05) is 38.1 Å². The molecule has 1 saturated heterocycles. The lowest BCUT2D eigenvalue weighted by atomic mass is 10.2. The van der Waals surface area contributed by atoms with E-state index < -0.39 is 10.0 Å². The largest absolute Gasteiger partial charge is 0.440 e. The Morgan fingerprint density at radius 1 is 1.10 bits per heavy atom. The van der Waals surface area contributed by atoms with Gasteiger partial charge in [-0.05, 0) is 30.0 Å². The molecule has 0 amide bonds. The lowest BCUT2D eigenvalue weighted by molar-refractivity contribution is 0.180. The Kier molecular flexibility index (Phi) is 5.96. The number of oxazole rings is 1. The Morgan fingerprint density at radius 3 is 2.55 bits per heavy atom. The van der Waals surface area contributed by atoms with Crippen LogP contribution in [0.3, 0.4) is 0 Å². The highest BCUT2D eigenvalue weighted by atomic mass is 32.2. The maximum absolute atomic E-state index is 12.6.